The van der Waals surface area contributed by atoms with Gasteiger partial charge in [0.25, 0.3) is 0 Å². The number of rotatable bonds is 9. The van der Waals surface area contributed by atoms with Crippen LogP contribution in [-0.2, 0) is 19.1 Å². The Labute approximate surface area is 226 Å². The second-order valence-corrected chi connectivity index (χ2v) is 9.45. The van der Waals surface area contributed by atoms with E-state index in [0.717, 1.165) is 28.3 Å². The smallest absolute Gasteiger partial charge is 0.336 e. The lowest BCUT2D eigenvalue weighted by atomic mass is 9.80. The van der Waals surface area contributed by atoms with Crippen molar-refractivity contribution in [3.8, 4) is 17.0 Å². The van der Waals surface area contributed by atoms with Gasteiger partial charge in [0, 0.05) is 28.0 Å². The molecule has 0 amide bonds. The van der Waals surface area contributed by atoms with Crippen LogP contribution in [0.3, 0.4) is 0 Å². The fraction of sp³-hybridized carbons (Fsp3) is 0.276. The number of ether oxygens (including phenoxy) is 3. The third kappa shape index (κ3) is 5.73. The molecule has 1 aliphatic heterocycles. The molecule has 38 heavy (non-hydrogen) atoms. The number of benzene rings is 2. The minimum Gasteiger partial charge on any atom is -0.497 e. The van der Waals surface area contributed by atoms with Crippen LogP contribution < -0.4 is 15.4 Å². The van der Waals surface area contributed by atoms with Crippen molar-refractivity contribution in [2.75, 3.05) is 25.6 Å². The number of nitrogens with zero attached hydrogens (tertiary/aromatic N) is 1. The monoisotopic (exact) mass is 533 g/mol. The van der Waals surface area contributed by atoms with Crippen LogP contribution in [0.2, 0.25) is 0 Å². The third-order valence-electron chi connectivity index (χ3n) is 6.11. The predicted molar refractivity (Wildman–Crippen MR) is 148 cm³/mol. The summed E-state index contributed by atoms with van der Waals surface area (Å²) in [6.45, 7) is 7.58. The van der Waals surface area contributed by atoms with E-state index >= 15 is 0 Å². The molecule has 0 unspecified atom stereocenters. The highest BCUT2D eigenvalue weighted by atomic mass is 32.1. The van der Waals surface area contributed by atoms with Crippen molar-refractivity contribution in [3.63, 3.8) is 0 Å². The van der Waals surface area contributed by atoms with Crippen molar-refractivity contribution in [1.82, 2.24) is 10.3 Å². The van der Waals surface area contributed by atoms with Gasteiger partial charge in [-0.3, -0.25) is 0 Å². The summed E-state index contributed by atoms with van der Waals surface area (Å²) < 4.78 is 16.0. The number of carbonyl (C=O) groups is 2. The molecule has 0 fully saturated rings. The van der Waals surface area contributed by atoms with Crippen LogP contribution in [0.5, 0.6) is 5.75 Å². The number of hydrogen-bond acceptors (Lipinski definition) is 9. The molecule has 0 radical (unpaired) electrons. The molecule has 3 aromatic rings. The van der Waals surface area contributed by atoms with E-state index < -0.39 is 17.9 Å². The molecule has 2 aromatic carbocycles. The van der Waals surface area contributed by atoms with Gasteiger partial charge >= 0.3 is 11.9 Å². The van der Waals surface area contributed by atoms with Crippen molar-refractivity contribution < 1.29 is 23.8 Å². The average molecular weight is 534 g/mol. The van der Waals surface area contributed by atoms with Crippen LogP contribution in [0.4, 0.5) is 10.8 Å². The Balaban J connectivity index is 1.68. The highest BCUT2D eigenvalue weighted by Gasteiger charge is 2.38. The Hall–Kier alpha value is -4.11. The molecule has 0 saturated heterocycles. The second-order valence-electron chi connectivity index (χ2n) is 8.59. The second kappa shape index (κ2) is 12.0. The lowest BCUT2D eigenvalue weighted by molar-refractivity contribution is -0.139. The van der Waals surface area contributed by atoms with Crippen LogP contribution in [-0.4, -0.2) is 37.2 Å². The maximum atomic E-state index is 13.1. The summed E-state index contributed by atoms with van der Waals surface area (Å²) in [5.41, 5.74) is 5.41. The fourth-order valence-corrected chi connectivity index (χ4v) is 5.17. The molecule has 0 aliphatic carbocycles. The lowest BCUT2D eigenvalue weighted by Crippen LogP contribution is -2.32. The van der Waals surface area contributed by atoms with Gasteiger partial charge in [-0.05, 0) is 69.7 Å². The summed E-state index contributed by atoms with van der Waals surface area (Å²) in [4.78, 5) is 30.8. The van der Waals surface area contributed by atoms with E-state index in [2.05, 4.69) is 10.6 Å². The van der Waals surface area contributed by atoms with Gasteiger partial charge in [0.15, 0.2) is 5.13 Å². The quantitative estimate of drug-likeness (QED) is 0.327. The van der Waals surface area contributed by atoms with Gasteiger partial charge in [0.05, 0.1) is 43.1 Å². The number of esters is 2. The summed E-state index contributed by atoms with van der Waals surface area (Å²) in [5.74, 6) is -0.810. The number of aromatic nitrogens is 1. The third-order valence-corrected chi connectivity index (χ3v) is 6.87. The normalized spacial score (nSPS) is 13.7. The number of hydrogen-bond donors (Lipinski definition) is 2. The summed E-state index contributed by atoms with van der Waals surface area (Å²) in [7, 11) is 1.64. The zero-order valence-electron chi connectivity index (χ0n) is 22.1. The summed E-state index contributed by atoms with van der Waals surface area (Å²) in [5, 5.41) is 9.22. The fourth-order valence-electron chi connectivity index (χ4n) is 4.43. The highest BCUT2D eigenvalue weighted by Crippen LogP contribution is 2.40. The highest BCUT2D eigenvalue weighted by molar-refractivity contribution is 7.14. The maximum Gasteiger partial charge on any atom is 0.336 e. The molecule has 8 nitrogen and oxygen atoms in total. The number of nitrogens with one attached hydrogen (secondary N) is 2. The van der Waals surface area contributed by atoms with Gasteiger partial charge in [0.2, 0.25) is 0 Å². The zero-order valence-corrected chi connectivity index (χ0v) is 22.9. The van der Waals surface area contributed by atoms with Crippen LogP contribution in [0, 0.1) is 0 Å². The molecule has 0 atom stereocenters. The first-order valence-electron chi connectivity index (χ1n) is 12.4. The molecule has 198 valence electrons. The number of anilines is 2. The molecular weight excluding hydrogens is 502 g/mol. The van der Waals surface area contributed by atoms with Gasteiger partial charge in [0.1, 0.15) is 5.75 Å². The molecule has 1 aromatic heterocycles. The minimum absolute atomic E-state index is 0.224. The summed E-state index contributed by atoms with van der Waals surface area (Å²) in [6.07, 6.45) is 0. The Morgan fingerprint density at radius 2 is 1.61 bits per heavy atom. The van der Waals surface area contributed by atoms with Gasteiger partial charge < -0.3 is 24.8 Å². The van der Waals surface area contributed by atoms with E-state index in [-0.39, 0.29) is 13.2 Å². The average Bonchev–Trinajstić information content (AvgIpc) is 3.37. The van der Waals surface area contributed by atoms with E-state index in [9.17, 15) is 9.59 Å². The van der Waals surface area contributed by atoms with Gasteiger partial charge in [-0.15, -0.1) is 11.3 Å². The first kappa shape index (κ1) is 26.9. The maximum absolute atomic E-state index is 13.1. The zero-order chi connectivity index (χ0) is 27.2. The largest absolute Gasteiger partial charge is 0.497 e. The van der Waals surface area contributed by atoms with E-state index in [1.807, 2.05) is 67.8 Å². The molecule has 0 saturated carbocycles. The molecule has 2 heterocycles. The lowest BCUT2D eigenvalue weighted by Gasteiger charge is -2.30. The SMILES string of the molecule is CCOC(=O)C1=C(C)NC(C)=C(C(=O)OCC)C1c1cccc(Nc2nc(-c3ccc(OC)cc3)cs2)c1. The van der Waals surface area contributed by atoms with Crippen LogP contribution in [0.1, 0.15) is 39.2 Å². The van der Waals surface area contributed by atoms with Crippen LogP contribution >= 0.6 is 11.3 Å². The van der Waals surface area contributed by atoms with E-state index in [4.69, 9.17) is 19.2 Å². The van der Waals surface area contributed by atoms with Crippen molar-refractivity contribution >= 4 is 34.1 Å². The molecular formula is C29H31N3O5S. The summed E-state index contributed by atoms with van der Waals surface area (Å²) >= 11 is 1.49. The van der Waals surface area contributed by atoms with Gasteiger partial charge in [-0.25, -0.2) is 14.6 Å². The van der Waals surface area contributed by atoms with Gasteiger partial charge in [-0.2, -0.15) is 0 Å². The van der Waals surface area contributed by atoms with Crippen LogP contribution in [0.25, 0.3) is 11.3 Å². The van der Waals surface area contributed by atoms with Crippen molar-refractivity contribution in [2.45, 2.75) is 33.6 Å². The first-order valence-corrected chi connectivity index (χ1v) is 13.2. The van der Waals surface area contributed by atoms with E-state index in [1.54, 1.807) is 21.0 Å². The van der Waals surface area contributed by atoms with Crippen LogP contribution in [0.15, 0.2) is 76.5 Å². The number of dihydropyridines is 1. The standard InChI is InChI=1S/C29H31N3O5S/c1-6-36-27(33)24-17(3)30-18(4)25(28(34)37-7-2)26(24)20-9-8-10-21(15-20)31-29-32-23(16-38-29)19-11-13-22(35-5)14-12-19/h8-16,26,30H,6-7H2,1-5H3,(H,31,32). The van der Waals surface area contributed by atoms with Gasteiger partial charge in [-0.1, -0.05) is 12.1 Å². The number of methoxy groups -OCH3 is 1. The molecule has 9 heteroatoms. The number of carbonyl (C=O) groups excluding carboxylic acids is 2. The first-order chi connectivity index (χ1) is 18.4. The Kier molecular flexibility index (Phi) is 8.48. The molecule has 0 bridgehead atoms. The van der Waals surface area contributed by atoms with Crippen molar-refractivity contribution in [2.24, 2.45) is 0 Å². The van der Waals surface area contributed by atoms with E-state index in [1.165, 1.54) is 11.3 Å². The molecule has 2 N–H and O–H groups in total. The Bertz CT molecular complexity index is 1350. The topological polar surface area (TPSA) is 98.8 Å². The predicted octanol–water partition coefficient (Wildman–Crippen LogP) is 5.92. The number of allylic oxidation sites excluding steroid dienone is 2. The molecule has 0 spiro atoms. The Morgan fingerprint density at radius 3 is 2.18 bits per heavy atom. The minimum atomic E-state index is -0.651. The molecule has 4 rings (SSSR count). The summed E-state index contributed by atoms with van der Waals surface area (Å²) in [6, 6.07) is 15.3. The Morgan fingerprint density at radius 1 is 0.974 bits per heavy atom. The molecule has 1 aliphatic rings. The van der Waals surface area contributed by atoms with Crippen molar-refractivity contribution in [3.05, 3.63) is 82.0 Å². The van der Waals surface area contributed by atoms with E-state index in [0.29, 0.717) is 27.7 Å². The van der Waals surface area contributed by atoms with Crippen molar-refractivity contribution in [1.29, 1.82) is 0 Å². The number of thiazole rings is 1.